The summed E-state index contributed by atoms with van der Waals surface area (Å²) in [6.45, 7) is 1.86. The number of carbonyl (C=O) groups is 1. The Balaban J connectivity index is 1.30. The van der Waals surface area contributed by atoms with E-state index in [-0.39, 0.29) is 12.3 Å². The number of nitrogen functional groups attached to an aromatic ring is 1. The van der Waals surface area contributed by atoms with E-state index in [1.165, 1.54) is 11.3 Å². The number of carbonyl (C=O) groups excluding carboxylic acids is 1. The summed E-state index contributed by atoms with van der Waals surface area (Å²) in [5, 5.41) is 12.5. The van der Waals surface area contributed by atoms with E-state index < -0.39 is 0 Å². The summed E-state index contributed by atoms with van der Waals surface area (Å²) in [6.07, 6.45) is 5.74. The molecule has 0 unspecified atom stereocenters. The molecule has 0 atom stereocenters. The molecule has 144 valence electrons. The van der Waals surface area contributed by atoms with Gasteiger partial charge in [-0.15, -0.1) is 10.2 Å². The Labute approximate surface area is 166 Å². The molecule has 3 aromatic rings. The maximum atomic E-state index is 12.1. The van der Waals surface area contributed by atoms with Gasteiger partial charge in [0.2, 0.25) is 11.0 Å². The Morgan fingerprint density at radius 1 is 1.18 bits per heavy atom. The van der Waals surface area contributed by atoms with Crippen LogP contribution in [0.2, 0.25) is 0 Å². The maximum absolute atomic E-state index is 12.1. The van der Waals surface area contributed by atoms with E-state index in [4.69, 9.17) is 5.73 Å². The monoisotopic (exact) mass is 395 g/mol. The van der Waals surface area contributed by atoms with Gasteiger partial charge in [-0.3, -0.25) is 9.78 Å². The van der Waals surface area contributed by atoms with Crippen LogP contribution in [0.25, 0.3) is 0 Å². The van der Waals surface area contributed by atoms with Crippen LogP contribution in [-0.2, 0) is 11.2 Å². The van der Waals surface area contributed by atoms with Crippen LogP contribution < -0.4 is 16.0 Å². The van der Waals surface area contributed by atoms with E-state index in [2.05, 4.69) is 30.4 Å². The summed E-state index contributed by atoms with van der Waals surface area (Å²) < 4.78 is 0. The Hall–Kier alpha value is -3.07. The molecule has 0 aromatic carbocycles. The van der Waals surface area contributed by atoms with E-state index >= 15 is 0 Å². The number of hydrogen-bond acceptors (Lipinski definition) is 8. The first-order chi connectivity index (χ1) is 13.7. The average Bonchev–Trinajstić information content (AvgIpc) is 3.16. The lowest BCUT2D eigenvalue weighted by molar-refractivity contribution is -0.115. The summed E-state index contributed by atoms with van der Waals surface area (Å²) >= 11 is 1.48. The number of hydrogen-bond donors (Lipinski definition) is 2. The summed E-state index contributed by atoms with van der Waals surface area (Å²) in [5.41, 5.74) is 7.47. The molecule has 1 aliphatic rings. The fourth-order valence-electron chi connectivity index (χ4n) is 3.30. The number of nitrogens with one attached hydrogen (secondary N) is 1. The van der Waals surface area contributed by atoms with Crippen molar-refractivity contribution in [2.45, 2.75) is 25.2 Å². The molecule has 0 spiro atoms. The van der Waals surface area contributed by atoms with Gasteiger partial charge in [0.15, 0.2) is 0 Å². The molecule has 1 saturated heterocycles. The zero-order valence-corrected chi connectivity index (χ0v) is 16.1. The minimum absolute atomic E-state index is 0.129. The number of anilines is 3. The van der Waals surface area contributed by atoms with Gasteiger partial charge < -0.3 is 16.0 Å². The van der Waals surface area contributed by atoms with Crippen LogP contribution in [0.4, 0.5) is 16.6 Å². The van der Waals surface area contributed by atoms with E-state index in [9.17, 15) is 4.79 Å². The Morgan fingerprint density at radius 3 is 2.68 bits per heavy atom. The molecule has 0 radical (unpaired) electrons. The van der Waals surface area contributed by atoms with E-state index in [1.54, 1.807) is 12.4 Å². The molecule has 8 nitrogen and oxygen atoms in total. The predicted octanol–water partition coefficient (Wildman–Crippen LogP) is 2.48. The highest BCUT2D eigenvalue weighted by atomic mass is 32.1. The minimum atomic E-state index is -0.129. The molecule has 4 heterocycles. The van der Waals surface area contributed by atoms with Crippen molar-refractivity contribution in [3.63, 3.8) is 0 Å². The van der Waals surface area contributed by atoms with Gasteiger partial charge in [0.05, 0.1) is 18.3 Å². The Morgan fingerprint density at radius 2 is 2.04 bits per heavy atom. The van der Waals surface area contributed by atoms with Crippen molar-refractivity contribution in [2.24, 2.45) is 0 Å². The van der Waals surface area contributed by atoms with Crippen LogP contribution >= 0.6 is 11.3 Å². The van der Waals surface area contributed by atoms with Crippen molar-refractivity contribution < 1.29 is 4.79 Å². The first kappa shape index (κ1) is 18.3. The summed E-state index contributed by atoms with van der Waals surface area (Å²) in [7, 11) is 0. The molecular formula is C19H21N7OS. The third-order valence-corrected chi connectivity index (χ3v) is 5.66. The fourth-order valence-corrected chi connectivity index (χ4v) is 4.08. The van der Waals surface area contributed by atoms with Crippen molar-refractivity contribution in [3.05, 3.63) is 53.4 Å². The van der Waals surface area contributed by atoms with Gasteiger partial charge in [-0.2, -0.15) is 0 Å². The number of nitrogens with two attached hydrogens (primary N) is 1. The second-order valence-electron chi connectivity index (χ2n) is 6.69. The minimum Gasteiger partial charge on any atom is -0.374 e. The Bertz CT molecular complexity index is 921. The van der Waals surface area contributed by atoms with E-state index in [0.717, 1.165) is 42.3 Å². The lowest BCUT2D eigenvalue weighted by Gasteiger charge is -2.32. The lowest BCUT2D eigenvalue weighted by Crippen LogP contribution is -2.32. The average molecular weight is 395 g/mol. The van der Waals surface area contributed by atoms with Gasteiger partial charge in [0, 0.05) is 30.9 Å². The predicted molar refractivity (Wildman–Crippen MR) is 109 cm³/mol. The molecule has 0 saturated carbocycles. The van der Waals surface area contributed by atoms with Gasteiger partial charge in [-0.1, -0.05) is 17.4 Å². The van der Waals surface area contributed by atoms with Crippen LogP contribution in [0.1, 0.15) is 29.5 Å². The number of pyridine rings is 2. The summed E-state index contributed by atoms with van der Waals surface area (Å²) in [6, 6.07) is 9.35. The quantitative estimate of drug-likeness (QED) is 0.683. The number of aromatic nitrogens is 4. The summed E-state index contributed by atoms with van der Waals surface area (Å²) in [5.74, 6) is 0.837. The molecule has 9 heteroatoms. The zero-order chi connectivity index (χ0) is 19.3. The largest absolute Gasteiger partial charge is 0.374 e. The Kier molecular flexibility index (Phi) is 5.43. The third kappa shape index (κ3) is 4.42. The van der Waals surface area contributed by atoms with Crippen LogP contribution in [0, 0.1) is 0 Å². The zero-order valence-electron chi connectivity index (χ0n) is 15.3. The number of rotatable bonds is 5. The number of amides is 1. The van der Waals surface area contributed by atoms with Crippen molar-refractivity contribution in [1.29, 1.82) is 0 Å². The smallest absolute Gasteiger partial charge is 0.231 e. The topological polar surface area (TPSA) is 110 Å². The molecule has 1 aliphatic heterocycles. The second-order valence-corrected chi connectivity index (χ2v) is 7.73. The highest BCUT2D eigenvalue weighted by Crippen LogP contribution is 2.32. The van der Waals surface area contributed by atoms with Crippen LogP contribution in [0.5, 0.6) is 0 Å². The van der Waals surface area contributed by atoms with Gasteiger partial charge in [0.25, 0.3) is 0 Å². The van der Waals surface area contributed by atoms with Gasteiger partial charge in [0.1, 0.15) is 10.8 Å². The fraction of sp³-hybridized carbons (Fsp3) is 0.316. The second kappa shape index (κ2) is 8.30. The standard InChI is InChI=1S/C19H21N7OS/c20-19-25-24-18(28-19)13-6-9-26(10-7-13)15-4-5-16(22-12-15)23-17(27)11-14-3-1-2-8-21-14/h1-5,8,12-13H,6-7,9-11H2,(H2,20,25)(H,22,23,27). The normalized spacial score (nSPS) is 14.8. The summed E-state index contributed by atoms with van der Waals surface area (Å²) in [4.78, 5) is 23.0. The highest BCUT2D eigenvalue weighted by Gasteiger charge is 2.23. The number of nitrogens with zero attached hydrogens (tertiary/aromatic N) is 5. The van der Waals surface area contributed by atoms with Crippen molar-refractivity contribution >= 4 is 33.9 Å². The van der Waals surface area contributed by atoms with Crippen LogP contribution in [0.15, 0.2) is 42.7 Å². The molecule has 3 N–H and O–H groups in total. The molecule has 1 amide bonds. The number of piperidine rings is 1. The van der Waals surface area contributed by atoms with E-state index in [0.29, 0.717) is 16.9 Å². The lowest BCUT2D eigenvalue weighted by atomic mass is 9.97. The molecule has 28 heavy (non-hydrogen) atoms. The molecule has 4 rings (SSSR count). The SMILES string of the molecule is Nc1nnc(C2CCN(c3ccc(NC(=O)Cc4ccccn4)nc3)CC2)s1. The molecule has 3 aromatic heterocycles. The first-order valence-electron chi connectivity index (χ1n) is 9.17. The highest BCUT2D eigenvalue weighted by molar-refractivity contribution is 7.15. The van der Waals surface area contributed by atoms with Crippen molar-refractivity contribution in [1.82, 2.24) is 20.2 Å². The third-order valence-electron chi connectivity index (χ3n) is 4.75. The van der Waals surface area contributed by atoms with Crippen molar-refractivity contribution in [3.8, 4) is 0 Å². The van der Waals surface area contributed by atoms with Crippen molar-refractivity contribution in [2.75, 3.05) is 29.0 Å². The maximum Gasteiger partial charge on any atom is 0.231 e. The first-order valence-corrected chi connectivity index (χ1v) is 9.98. The van der Waals surface area contributed by atoms with Gasteiger partial charge in [-0.25, -0.2) is 4.98 Å². The molecule has 0 aliphatic carbocycles. The van der Waals surface area contributed by atoms with Crippen LogP contribution in [-0.4, -0.2) is 39.2 Å². The van der Waals surface area contributed by atoms with E-state index in [1.807, 2.05) is 30.3 Å². The van der Waals surface area contributed by atoms with Gasteiger partial charge in [-0.05, 0) is 37.1 Å². The molecular weight excluding hydrogens is 374 g/mol. The molecule has 0 bridgehead atoms. The van der Waals surface area contributed by atoms with Crippen LogP contribution in [0.3, 0.4) is 0 Å². The molecule has 1 fully saturated rings. The van der Waals surface area contributed by atoms with Gasteiger partial charge >= 0.3 is 0 Å².